The first-order chi connectivity index (χ1) is 16.9. The number of carbonyl (C=O) groups is 2. The van der Waals surface area contributed by atoms with Crippen molar-refractivity contribution in [2.75, 3.05) is 19.5 Å². The smallest absolute Gasteiger partial charge is 0.264 e. The Hall–Kier alpha value is -3.71. The summed E-state index contributed by atoms with van der Waals surface area (Å²) in [6.07, 6.45) is -0.0285. The van der Waals surface area contributed by atoms with E-state index in [0.717, 1.165) is 11.1 Å². The molecule has 7 nitrogen and oxygen atoms in total. The molecule has 1 heterocycles. The molecule has 1 unspecified atom stereocenters. The SMILES string of the molecule is CCC1Oc2ccc(NC(=O)c3cc(OC)cc(OC)c3)cc2CN(Cc2ccc(Cl)cc2)C1=O. The molecular weight excluding hydrogens is 468 g/mol. The second-order valence-electron chi connectivity index (χ2n) is 8.21. The van der Waals surface area contributed by atoms with E-state index in [1.54, 1.807) is 35.2 Å². The third kappa shape index (κ3) is 5.69. The third-order valence-electron chi connectivity index (χ3n) is 5.81. The largest absolute Gasteiger partial charge is 0.497 e. The fourth-order valence-electron chi connectivity index (χ4n) is 3.93. The lowest BCUT2D eigenvalue weighted by Gasteiger charge is -2.23. The van der Waals surface area contributed by atoms with E-state index in [0.29, 0.717) is 53.0 Å². The lowest BCUT2D eigenvalue weighted by Crippen LogP contribution is -2.38. The first-order valence-corrected chi connectivity index (χ1v) is 11.6. The number of methoxy groups -OCH3 is 2. The molecule has 1 N–H and O–H groups in total. The number of amides is 2. The molecule has 0 radical (unpaired) electrons. The number of hydrogen-bond acceptors (Lipinski definition) is 5. The van der Waals surface area contributed by atoms with Gasteiger partial charge < -0.3 is 24.4 Å². The summed E-state index contributed by atoms with van der Waals surface area (Å²) >= 11 is 6.01. The summed E-state index contributed by atoms with van der Waals surface area (Å²) in [6.45, 7) is 2.70. The maximum Gasteiger partial charge on any atom is 0.264 e. The van der Waals surface area contributed by atoms with Crippen molar-refractivity contribution in [3.8, 4) is 17.2 Å². The zero-order valence-electron chi connectivity index (χ0n) is 19.8. The highest BCUT2D eigenvalue weighted by Gasteiger charge is 2.30. The van der Waals surface area contributed by atoms with Crippen LogP contribution in [0.25, 0.3) is 0 Å². The normalized spacial score (nSPS) is 15.0. The topological polar surface area (TPSA) is 77.1 Å². The molecule has 0 spiro atoms. The molecule has 1 atom stereocenters. The predicted molar refractivity (Wildman–Crippen MR) is 134 cm³/mol. The summed E-state index contributed by atoms with van der Waals surface area (Å²) in [4.78, 5) is 27.9. The Bertz CT molecular complexity index is 1210. The number of fused-ring (bicyclic) bond motifs is 1. The van der Waals surface area contributed by atoms with Crippen LogP contribution in [0.1, 0.15) is 34.8 Å². The van der Waals surface area contributed by atoms with Gasteiger partial charge in [-0.2, -0.15) is 0 Å². The summed E-state index contributed by atoms with van der Waals surface area (Å²) < 4.78 is 16.6. The van der Waals surface area contributed by atoms with Gasteiger partial charge in [0, 0.05) is 41.0 Å². The van der Waals surface area contributed by atoms with Gasteiger partial charge >= 0.3 is 0 Å². The summed E-state index contributed by atoms with van der Waals surface area (Å²) in [5.41, 5.74) is 2.77. The van der Waals surface area contributed by atoms with Gasteiger partial charge in [0.25, 0.3) is 11.8 Å². The van der Waals surface area contributed by atoms with E-state index in [-0.39, 0.29) is 11.8 Å². The highest BCUT2D eigenvalue weighted by atomic mass is 35.5. The molecule has 2 amide bonds. The van der Waals surface area contributed by atoms with Gasteiger partial charge in [-0.25, -0.2) is 0 Å². The first kappa shape index (κ1) is 24.4. The van der Waals surface area contributed by atoms with Crippen LogP contribution in [0.2, 0.25) is 5.02 Å². The lowest BCUT2D eigenvalue weighted by atomic mass is 10.1. The molecule has 182 valence electrons. The van der Waals surface area contributed by atoms with Crippen LogP contribution < -0.4 is 19.5 Å². The van der Waals surface area contributed by atoms with Crippen LogP contribution in [-0.2, 0) is 17.9 Å². The van der Waals surface area contributed by atoms with Crippen molar-refractivity contribution in [1.29, 1.82) is 0 Å². The average molecular weight is 495 g/mol. The van der Waals surface area contributed by atoms with Gasteiger partial charge in [0.1, 0.15) is 17.2 Å². The van der Waals surface area contributed by atoms with E-state index < -0.39 is 6.10 Å². The van der Waals surface area contributed by atoms with E-state index in [9.17, 15) is 9.59 Å². The molecule has 0 bridgehead atoms. The van der Waals surface area contributed by atoms with Crippen molar-refractivity contribution in [1.82, 2.24) is 4.90 Å². The fraction of sp³-hybridized carbons (Fsp3) is 0.259. The minimum absolute atomic E-state index is 0.0762. The predicted octanol–water partition coefficient (Wildman–Crippen LogP) is 5.31. The summed E-state index contributed by atoms with van der Waals surface area (Å²) in [5.74, 6) is 1.29. The van der Waals surface area contributed by atoms with Crippen LogP contribution in [0.3, 0.4) is 0 Å². The Morgan fingerprint density at radius 2 is 1.74 bits per heavy atom. The Morgan fingerprint density at radius 3 is 2.37 bits per heavy atom. The molecule has 4 rings (SSSR count). The van der Waals surface area contributed by atoms with E-state index >= 15 is 0 Å². The Balaban J connectivity index is 1.58. The van der Waals surface area contributed by atoms with Crippen LogP contribution in [0.4, 0.5) is 5.69 Å². The second kappa shape index (κ2) is 10.7. The van der Waals surface area contributed by atoms with Crippen LogP contribution in [0, 0.1) is 0 Å². The number of nitrogens with one attached hydrogen (secondary N) is 1. The molecule has 3 aromatic rings. The van der Waals surface area contributed by atoms with E-state index in [1.807, 2.05) is 37.3 Å². The van der Waals surface area contributed by atoms with Gasteiger partial charge in [-0.3, -0.25) is 9.59 Å². The van der Waals surface area contributed by atoms with Gasteiger partial charge in [-0.15, -0.1) is 0 Å². The first-order valence-electron chi connectivity index (χ1n) is 11.3. The zero-order chi connectivity index (χ0) is 24.9. The van der Waals surface area contributed by atoms with Crippen molar-refractivity contribution in [2.24, 2.45) is 0 Å². The Labute approximate surface area is 209 Å². The minimum atomic E-state index is -0.576. The second-order valence-corrected chi connectivity index (χ2v) is 8.65. The van der Waals surface area contributed by atoms with Gasteiger partial charge in [0.15, 0.2) is 6.10 Å². The van der Waals surface area contributed by atoms with Crippen molar-refractivity contribution in [3.63, 3.8) is 0 Å². The van der Waals surface area contributed by atoms with E-state index in [2.05, 4.69) is 5.32 Å². The number of benzene rings is 3. The number of anilines is 1. The molecule has 3 aromatic carbocycles. The Kier molecular flexibility index (Phi) is 7.46. The fourth-order valence-corrected chi connectivity index (χ4v) is 4.06. The molecule has 0 saturated carbocycles. The number of ether oxygens (including phenoxy) is 3. The maximum atomic E-state index is 13.2. The van der Waals surface area contributed by atoms with Crippen LogP contribution in [0.15, 0.2) is 60.7 Å². The monoisotopic (exact) mass is 494 g/mol. The number of nitrogens with zero attached hydrogens (tertiary/aromatic N) is 1. The van der Waals surface area contributed by atoms with Gasteiger partial charge in [-0.05, 0) is 54.4 Å². The molecule has 8 heteroatoms. The lowest BCUT2D eigenvalue weighted by molar-refractivity contribution is -0.139. The highest BCUT2D eigenvalue weighted by Crippen LogP contribution is 2.31. The molecule has 35 heavy (non-hydrogen) atoms. The summed E-state index contributed by atoms with van der Waals surface area (Å²) in [6, 6.07) is 17.8. The number of carbonyl (C=O) groups excluding carboxylic acids is 2. The summed E-state index contributed by atoms with van der Waals surface area (Å²) in [5, 5.41) is 3.56. The molecule has 1 aliphatic heterocycles. The van der Waals surface area contributed by atoms with Gasteiger partial charge in [-0.1, -0.05) is 30.7 Å². The molecule has 0 fully saturated rings. The van der Waals surface area contributed by atoms with Crippen molar-refractivity contribution < 1.29 is 23.8 Å². The van der Waals surface area contributed by atoms with Crippen molar-refractivity contribution >= 4 is 29.1 Å². The summed E-state index contributed by atoms with van der Waals surface area (Å²) in [7, 11) is 3.06. The van der Waals surface area contributed by atoms with Gasteiger partial charge in [0.2, 0.25) is 0 Å². The van der Waals surface area contributed by atoms with Crippen LogP contribution in [0.5, 0.6) is 17.2 Å². The highest BCUT2D eigenvalue weighted by molar-refractivity contribution is 6.30. The van der Waals surface area contributed by atoms with Crippen LogP contribution >= 0.6 is 11.6 Å². The maximum absolute atomic E-state index is 13.2. The van der Waals surface area contributed by atoms with Gasteiger partial charge in [0.05, 0.1) is 14.2 Å². The average Bonchev–Trinajstić information content (AvgIpc) is 3.00. The van der Waals surface area contributed by atoms with E-state index in [1.165, 1.54) is 14.2 Å². The van der Waals surface area contributed by atoms with E-state index in [4.69, 9.17) is 25.8 Å². The molecule has 0 aromatic heterocycles. The Morgan fingerprint density at radius 1 is 1.06 bits per heavy atom. The molecule has 1 aliphatic rings. The van der Waals surface area contributed by atoms with Crippen molar-refractivity contribution in [3.05, 3.63) is 82.4 Å². The standard InChI is InChI=1S/C27H27ClN2O5/c1-4-24-27(32)30(15-17-5-7-20(28)8-6-17)16-19-11-21(9-10-25(19)35-24)29-26(31)18-12-22(33-2)14-23(13-18)34-3/h5-14,24H,4,15-16H2,1-3H3,(H,29,31). The number of hydrogen-bond donors (Lipinski definition) is 1. The van der Waals surface area contributed by atoms with Crippen molar-refractivity contribution in [2.45, 2.75) is 32.5 Å². The molecule has 0 aliphatic carbocycles. The molecule has 0 saturated heterocycles. The third-order valence-corrected chi connectivity index (χ3v) is 6.06. The molecular formula is C27H27ClN2O5. The zero-order valence-corrected chi connectivity index (χ0v) is 20.6. The minimum Gasteiger partial charge on any atom is -0.497 e. The quantitative estimate of drug-likeness (QED) is 0.481. The number of rotatable bonds is 7. The van der Waals surface area contributed by atoms with Crippen LogP contribution in [-0.4, -0.2) is 37.0 Å². The number of halogens is 1.